The van der Waals surface area contributed by atoms with Crippen molar-refractivity contribution in [2.24, 2.45) is 5.73 Å². The lowest BCUT2D eigenvalue weighted by Crippen LogP contribution is -2.29. The normalized spacial score (nSPS) is 12.0. The Morgan fingerprint density at radius 2 is 2.28 bits per heavy atom. The second kappa shape index (κ2) is 6.96. The largest absolute Gasteiger partial charge is 0.480 e. The SMILES string of the molecule is CCNC(=O)COc1c(F)cccc1CC(C)N. The molecule has 0 aliphatic carbocycles. The van der Waals surface area contributed by atoms with Crippen molar-refractivity contribution in [2.75, 3.05) is 13.2 Å². The second-order valence-corrected chi connectivity index (χ2v) is 4.15. The first-order valence-electron chi connectivity index (χ1n) is 5.97. The molecule has 0 aliphatic heterocycles. The molecule has 3 N–H and O–H groups in total. The van der Waals surface area contributed by atoms with E-state index in [-0.39, 0.29) is 24.3 Å². The Bertz CT molecular complexity index is 408. The van der Waals surface area contributed by atoms with Gasteiger partial charge in [-0.15, -0.1) is 0 Å². The zero-order chi connectivity index (χ0) is 13.5. The fourth-order valence-electron chi connectivity index (χ4n) is 1.61. The molecule has 4 nitrogen and oxygen atoms in total. The van der Waals surface area contributed by atoms with Gasteiger partial charge in [-0.2, -0.15) is 0 Å². The molecule has 1 aromatic carbocycles. The van der Waals surface area contributed by atoms with Crippen LogP contribution in [-0.2, 0) is 11.2 Å². The van der Waals surface area contributed by atoms with E-state index in [4.69, 9.17) is 10.5 Å². The Morgan fingerprint density at radius 1 is 1.56 bits per heavy atom. The number of amides is 1. The van der Waals surface area contributed by atoms with E-state index >= 15 is 0 Å². The van der Waals surface area contributed by atoms with Crippen molar-refractivity contribution in [3.8, 4) is 5.75 Å². The van der Waals surface area contributed by atoms with E-state index in [9.17, 15) is 9.18 Å². The molecule has 18 heavy (non-hydrogen) atoms. The Hall–Kier alpha value is -1.62. The number of hydrogen-bond acceptors (Lipinski definition) is 3. The lowest BCUT2D eigenvalue weighted by atomic mass is 10.1. The standard InChI is InChI=1S/C13H19FN2O2/c1-3-16-12(17)8-18-13-10(7-9(2)15)5-4-6-11(13)14/h4-6,9H,3,7-8,15H2,1-2H3,(H,16,17). The third-order valence-electron chi connectivity index (χ3n) is 2.31. The first-order chi connectivity index (χ1) is 8.54. The molecule has 0 saturated heterocycles. The number of carbonyl (C=O) groups is 1. The summed E-state index contributed by atoms with van der Waals surface area (Å²) in [6.45, 7) is 3.97. The number of benzene rings is 1. The van der Waals surface area contributed by atoms with Gasteiger partial charge >= 0.3 is 0 Å². The van der Waals surface area contributed by atoms with E-state index in [0.717, 1.165) is 0 Å². The van der Waals surface area contributed by atoms with Gasteiger partial charge in [0.25, 0.3) is 5.91 Å². The van der Waals surface area contributed by atoms with Gasteiger partial charge in [0.2, 0.25) is 0 Å². The van der Waals surface area contributed by atoms with Crippen molar-refractivity contribution in [3.63, 3.8) is 0 Å². The highest BCUT2D eigenvalue weighted by atomic mass is 19.1. The van der Waals surface area contributed by atoms with Crippen molar-refractivity contribution in [3.05, 3.63) is 29.6 Å². The highest BCUT2D eigenvalue weighted by Gasteiger charge is 2.12. The molecule has 0 bridgehead atoms. The molecule has 0 aromatic heterocycles. The molecule has 1 atom stereocenters. The van der Waals surface area contributed by atoms with E-state index in [1.54, 1.807) is 12.1 Å². The summed E-state index contributed by atoms with van der Waals surface area (Å²) in [4.78, 5) is 11.3. The van der Waals surface area contributed by atoms with Crippen LogP contribution in [0.2, 0.25) is 0 Å². The number of likely N-dealkylation sites (N-methyl/N-ethyl adjacent to an activating group) is 1. The molecule has 0 fully saturated rings. The summed E-state index contributed by atoms with van der Waals surface area (Å²) in [5, 5.41) is 2.58. The zero-order valence-corrected chi connectivity index (χ0v) is 10.7. The predicted molar refractivity (Wildman–Crippen MR) is 67.9 cm³/mol. The van der Waals surface area contributed by atoms with Crippen LogP contribution in [-0.4, -0.2) is 25.1 Å². The molecule has 0 aliphatic rings. The lowest BCUT2D eigenvalue weighted by Gasteiger charge is -2.13. The van der Waals surface area contributed by atoms with Gasteiger partial charge < -0.3 is 15.8 Å². The summed E-state index contributed by atoms with van der Waals surface area (Å²) in [5.74, 6) is -0.633. The highest BCUT2D eigenvalue weighted by molar-refractivity contribution is 5.77. The molecule has 100 valence electrons. The minimum absolute atomic E-state index is 0.0985. The van der Waals surface area contributed by atoms with Crippen LogP contribution in [0.3, 0.4) is 0 Å². The van der Waals surface area contributed by atoms with Crippen LogP contribution in [0.4, 0.5) is 4.39 Å². The van der Waals surface area contributed by atoms with Crippen molar-refractivity contribution < 1.29 is 13.9 Å². The number of para-hydroxylation sites is 1. The minimum atomic E-state index is -0.475. The first kappa shape index (κ1) is 14.4. The van der Waals surface area contributed by atoms with Gasteiger partial charge in [-0.05, 0) is 31.9 Å². The summed E-state index contributed by atoms with van der Waals surface area (Å²) in [7, 11) is 0. The average molecular weight is 254 g/mol. The Balaban J connectivity index is 2.76. The second-order valence-electron chi connectivity index (χ2n) is 4.15. The third kappa shape index (κ3) is 4.33. The maximum absolute atomic E-state index is 13.6. The number of nitrogens with two attached hydrogens (primary N) is 1. The van der Waals surface area contributed by atoms with Crippen molar-refractivity contribution in [1.82, 2.24) is 5.32 Å². The minimum Gasteiger partial charge on any atom is -0.480 e. The summed E-state index contributed by atoms with van der Waals surface area (Å²) in [6, 6.07) is 4.56. The fourth-order valence-corrected chi connectivity index (χ4v) is 1.61. The van der Waals surface area contributed by atoms with Crippen molar-refractivity contribution in [2.45, 2.75) is 26.3 Å². The molecule has 1 rings (SSSR count). The van der Waals surface area contributed by atoms with Crippen LogP contribution in [0.1, 0.15) is 19.4 Å². The maximum Gasteiger partial charge on any atom is 0.257 e. The maximum atomic E-state index is 13.6. The van der Waals surface area contributed by atoms with E-state index in [2.05, 4.69) is 5.32 Å². The summed E-state index contributed by atoms with van der Waals surface area (Å²) in [6.07, 6.45) is 0.502. The van der Waals surface area contributed by atoms with Crippen LogP contribution in [0.25, 0.3) is 0 Å². The van der Waals surface area contributed by atoms with Crippen LogP contribution < -0.4 is 15.8 Å². The molecule has 5 heteroatoms. The van der Waals surface area contributed by atoms with E-state index < -0.39 is 5.82 Å². The summed E-state index contributed by atoms with van der Waals surface area (Å²) >= 11 is 0. The van der Waals surface area contributed by atoms with Crippen LogP contribution >= 0.6 is 0 Å². The number of nitrogens with one attached hydrogen (secondary N) is 1. The topological polar surface area (TPSA) is 64.3 Å². The monoisotopic (exact) mass is 254 g/mol. The smallest absolute Gasteiger partial charge is 0.257 e. The number of rotatable bonds is 6. The molecule has 0 radical (unpaired) electrons. The van der Waals surface area contributed by atoms with E-state index in [0.29, 0.717) is 18.5 Å². The molecule has 1 aromatic rings. The van der Waals surface area contributed by atoms with Gasteiger partial charge in [-0.3, -0.25) is 4.79 Å². The van der Waals surface area contributed by atoms with Crippen molar-refractivity contribution >= 4 is 5.91 Å². The molecule has 1 unspecified atom stereocenters. The number of ether oxygens (including phenoxy) is 1. The average Bonchev–Trinajstić information content (AvgIpc) is 2.28. The molecular formula is C13H19FN2O2. The Kier molecular flexibility index (Phi) is 5.58. The van der Waals surface area contributed by atoms with Crippen LogP contribution in [0.5, 0.6) is 5.75 Å². The zero-order valence-electron chi connectivity index (χ0n) is 10.7. The number of hydrogen-bond donors (Lipinski definition) is 2. The van der Waals surface area contributed by atoms with Gasteiger partial charge in [-0.1, -0.05) is 12.1 Å². The highest BCUT2D eigenvalue weighted by Crippen LogP contribution is 2.23. The molecule has 0 spiro atoms. The molecular weight excluding hydrogens is 235 g/mol. The van der Waals surface area contributed by atoms with Gasteiger partial charge in [-0.25, -0.2) is 4.39 Å². The fraction of sp³-hybridized carbons (Fsp3) is 0.462. The molecule has 0 saturated carbocycles. The van der Waals surface area contributed by atoms with Gasteiger partial charge in [0, 0.05) is 12.6 Å². The van der Waals surface area contributed by atoms with Crippen LogP contribution in [0.15, 0.2) is 18.2 Å². The predicted octanol–water partition coefficient (Wildman–Crippen LogP) is 1.23. The summed E-state index contributed by atoms with van der Waals surface area (Å²) < 4.78 is 18.9. The van der Waals surface area contributed by atoms with Gasteiger partial charge in [0.1, 0.15) is 0 Å². The van der Waals surface area contributed by atoms with Gasteiger partial charge in [0.15, 0.2) is 18.2 Å². The molecule has 0 heterocycles. The van der Waals surface area contributed by atoms with Gasteiger partial charge in [0.05, 0.1) is 0 Å². The van der Waals surface area contributed by atoms with Crippen LogP contribution in [0, 0.1) is 5.82 Å². The Morgan fingerprint density at radius 3 is 2.89 bits per heavy atom. The molecule has 1 amide bonds. The van der Waals surface area contributed by atoms with Crippen molar-refractivity contribution in [1.29, 1.82) is 0 Å². The third-order valence-corrected chi connectivity index (χ3v) is 2.31. The van der Waals surface area contributed by atoms with E-state index in [1.807, 2.05) is 13.8 Å². The van der Waals surface area contributed by atoms with E-state index in [1.165, 1.54) is 6.07 Å². The quantitative estimate of drug-likeness (QED) is 0.802. The first-order valence-corrected chi connectivity index (χ1v) is 5.97. The number of carbonyl (C=O) groups excluding carboxylic acids is 1. The number of halogens is 1. The Labute approximate surface area is 106 Å². The lowest BCUT2D eigenvalue weighted by molar-refractivity contribution is -0.123. The summed E-state index contributed by atoms with van der Waals surface area (Å²) in [5.41, 5.74) is 6.37.